The summed E-state index contributed by atoms with van der Waals surface area (Å²) in [4.78, 5) is 11.0. The Morgan fingerprint density at radius 1 is 1.31 bits per heavy atom. The zero-order chi connectivity index (χ0) is 12.4. The smallest absolute Gasteiger partial charge is 0.389 e. The van der Waals surface area contributed by atoms with E-state index in [9.17, 15) is 18.0 Å². The number of hydrogen-bond donors (Lipinski definition) is 0. The lowest BCUT2D eigenvalue weighted by molar-refractivity contribution is -0.140. The van der Waals surface area contributed by atoms with E-state index in [0.717, 1.165) is 6.42 Å². The second kappa shape index (κ2) is 8.73. The lowest BCUT2D eigenvalue weighted by Gasteiger charge is -2.05. The minimum absolute atomic E-state index is 0.126. The zero-order valence-corrected chi connectivity index (χ0v) is 10.1. The Morgan fingerprint density at radius 2 is 2.00 bits per heavy atom. The van der Waals surface area contributed by atoms with Gasteiger partial charge in [0.25, 0.3) is 0 Å². The van der Waals surface area contributed by atoms with E-state index in [1.807, 2.05) is 6.92 Å². The molecule has 0 aromatic carbocycles. The maximum atomic E-state index is 11.8. The lowest BCUT2D eigenvalue weighted by atomic mass is 10.2. The van der Waals surface area contributed by atoms with Crippen LogP contribution in [0.2, 0.25) is 0 Å². The van der Waals surface area contributed by atoms with Gasteiger partial charge in [0, 0.05) is 6.42 Å². The van der Waals surface area contributed by atoms with E-state index in [0.29, 0.717) is 18.8 Å². The standard InChI is InChI=1S/C10H17F3O2S/c1-2-6-15-9(14)8-16-7-4-3-5-10(11,12)13/h2-8H2,1H3. The second-order valence-electron chi connectivity index (χ2n) is 3.35. The Hall–Kier alpha value is -0.390. The first-order valence-corrected chi connectivity index (χ1v) is 6.41. The van der Waals surface area contributed by atoms with E-state index in [4.69, 9.17) is 4.74 Å². The number of carbonyl (C=O) groups is 1. The maximum absolute atomic E-state index is 11.8. The van der Waals surface area contributed by atoms with Crippen LogP contribution in [0, 0.1) is 0 Å². The third kappa shape index (κ3) is 11.7. The van der Waals surface area contributed by atoms with Gasteiger partial charge in [0.05, 0.1) is 12.4 Å². The van der Waals surface area contributed by atoms with Crippen molar-refractivity contribution in [2.24, 2.45) is 0 Å². The topological polar surface area (TPSA) is 26.3 Å². The molecule has 0 heterocycles. The molecule has 0 N–H and O–H groups in total. The molecule has 0 spiro atoms. The van der Waals surface area contributed by atoms with E-state index >= 15 is 0 Å². The molecule has 0 bridgehead atoms. The Labute approximate surface area is 97.9 Å². The Balaban J connectivity index is 3.24. The summed E-state index contributed by atoms with van der Waals surface area (Å²) < 4.78 is 40.1. The van der Waals surface area contributed by atoms with Crippen molar-refractivity contribution in [3.63, 3.8) is 0 Å². The van der Waals surface area contributed by atoms with Gasteiger partial charge in [0.2, 0.25) is 0 Å². The molecule has 2 nitrogen and oxygen atoms in total. The van der Waals surface area contributed by atoms with Crippen molar-refractivity contribution in [2.75, 3.05) is 18.1 Å². The van der Waals surface area contributed by atoms with Crippen molar-refractivity contribution in [3.05, 3.63) is 0 Å². The zero-order valence-electron chi connectivity index (χ0n) is 9.31. The van der Waals surface area contributed by atoms with Crippen LogP contribution in [0.4, 0.5) is 13.2 Å². The maximum Gasteiger partial charge on any atom is 0.389 e. The number of unbranched alkanes of at least 4 members (excludes halogenated alkanes) is 1. The summed E-state index contributed by atoms with van der Waals surface area (Å²) in [6.07, 6.45) is -3.42. The SMILES string of the molecule is CCCOC(=O)CSCCCCC(F)(F)F. The van der Waals surface area contributed by atoms with Crippen molar-refractivity contribution in [3.8, 4) is 0 Å². The minimum Gasteiger partial charge on any atom is -0.465 e. The van der Waals surface area contributed by atoms with Gasteiger partial charge >= 0.3 is 12.1 Å². The number of halogens is 3. The first-order valence-electron chi connectivity index (χ1n) is 5.26. The molecule has 0 saturated heterocycles. The van der Waals surface area contributed by atoms with Crippen LogP contribution < -0.4 is 0 Å². The van der Waals surface area contributed by atoms with Gasteiger partial charge in [-0.2, -0.15) is 24.9 Å². The number of hydrogen-bond acceptors (Lipinski definition) is 3. The fraction of sp³-hybridized carbons (Fsp3) is 0.900. The number of esters is 1. The van der Waals surface area contributed by atoms with E-state index in [1.165, 1.54) is 11.8 Å². The molecule has 0 atom stereocenters. The van der Waals surface area contributed by atoms with E-state index in [1.54, 1.807) is 0 Å². The Kier molecular flexibility index (Phi) is 8.51. The van der Waals surface area contributed by atoms with Crippen LogP contribution >= 0.6 is 11.8 Å². The summed E-state index contributed by atoms with van der Waals surface area (Å²) in [5.41, 5.74) is 0. The Bertz CT molecular complexity index is 195. The van der Waals surface area contributed by atoms with Crippen molar-refractivity contribution in [1.29, 1.82) is 0 Å². The van der Waals surface area contributed by atoms with E-state index < -0.39 is 12.6 Å². The van der Waals surface area contributed by atoms with Gasteiger partial charge < -0.3 is 4.74 Å². The number of carbonyl (C=O) groups excluding carboxylic acids is 1. The summed E-state index contributed by atoms with van der Waals surface area (Å²) in [7, 11) is 0. The van der Waals surface area contributed by atoms with Crippen molar-refractivity contribution >= 4 is 17.7 Å². The van der Waals surface area contributed by atoms with Gasteiger partial charge in [-0.3, -0.25) is 4.79 Å². The molecule has 0 rings (SSSR count). The van der Waals surface area contributed by atoms with E-state index in [2.05, 4.69) is 0 Å². The molecule has 0 fully saturated rings. The lowest BCUT2D eigenvalue weighted by Crippen LogP contribution is -2.09. The number of rotatable bonds is 8. The fourth-order valence-corrected chi connectivity index (χ4v) is 1.75. The second-order valence-corrected chi connectivity index (χ2v) is 4.45. The monoisotopic (exact) mass is 258 g/mol. The molecule has 0 saturated carbocycles. The normalized spacial score (nSPS) is 11.5. The fourth-order valence-electron chi connectivity index (χ4n) is 0.943. The molecular formula is C10H17F3O2S. The van der Waals surface area contributed by atoms with Gasteiger partial charge in [-0.15, -0.1) is 0 Å². The molecule has 0 amide bonds. The molecule has 0 aliphatic carbocycles. The van der Waals surface area contributed by atoms with Gasteiger partial charge in [0.15, 0.2) is 0 Å². The largest absolute Gasteiger partial charge is 0.465 e. The van der Waals surface area contributed by atoms with Crippen LogP contribution in [0.1, 0.15) is 32.6 Å². The predicted octanol–water partition coefficient (Wildman–Crippen LogP) is 3.41. The predicted molar refractivity (Wildman–Crippen MR) is 58.5 cm³/mol. The molecular weight excluding hydrogens is 241 g/mol. The third-order valence-corrected chi connectivity index (χ3v) is 2.70. The van der Waals surface area contributed by atoms with Crippen LogP contribution in [0.5, 0.6) is 0 Å². The summed E-state index contributed by atoms with van der Waals surface area (Å²) in [5.74, 6) is 0.506. The Morgan fingerprint density at radius 3 is 2.56 bits per heavy atom. The molecule has 0 radical (unpaired) electrons. The molecule has 0 aliphatic rings. The van der Waals surface area contributed by atoms with Crippen molar-refractivity contribution in [2.45, 2.75) is 38.8 Å². The summed E-state index contributed by atoms with van der Waals surface area (Å²) in [6.45, 7) is 2.31. The number of alkyl halides is 3. The quantitative estimate of drug-likeness (QED) is 0.493. The molecule has 96 valence electrons. The molecule has 16 heavy (non-hydrogen) atoms. The third-order valence-electron chi connectivity index (χ3n) is 1.69. The van der Waals surface area contributed by atoms with Crippen LogP contribution in [0.25, 0.3) is 0 Å². The minimum atomic E-state index is -4.06. The average molecular weight is 258 g/mol. The number of thioether (sulfide) groups is 1. The molecule has 6 heteroatoms. The summed E-state index contributed by atoms with van der Waals surface area (Å²) in [6, 6.07) is 0. The highest BCUT2D eigenvalue weighted by Crippen LogP contribution is 2.22. The highest BCUT2D eigenvalue weighted by Gasteiger charge is 2.25. The van der Waals surface area contributed by atoms with Crippen LogP contribution in [0.3, 0.4) is 0 Å². The van der Waals surface area contributed by atoms with Gasteiger partial charge in [0.1, 0.15) is 0 Å². The first-order chi connectivity index (χ1) is 7.45. The van der Waals surface area contributed by atoms with Gasteiger partial charge in [-0.1, -0.05) is 6.92 Å². The molecule has 0 aromatic heterocycles. The first kappa shape index (κ1) is 15.6. The van der Waals surface area contributed by atoms with Crippen molar-refractivity contribution < 1.29 is 22.7 Å². The number of ether oxygens (including phenoxy) is 1. The van der Waals surface area contributed by atoms with E-state index in [-0.39, 0.29) is 18.1 Å². The van der Waals surface area contributed by atoms with Crippen molar-refractivity contribution in [1.82, 2.24) is 0 Å². The molecule has 0 aromatic rings. The highest BCUT2D eigenvalue weighted by molar-refractivity contribution is 7.99. The van der Waals surface area contributed by atoms with Gasteiger partial charge in [-0.05, 0) is 25.0 Å². The van der Waals surface area contributed by atoms with Crippen LogP contribution in [-0.4, -0.2) is 30.3 Å². The average Bonchev–Trinajstić information content (AvgIpc) is 2.18. The molecule has 0 aliphatic heterocycles. The van der Waals surface area contributed by atoms with Gasteiger partial charge in [-0.25, -0.2) is 0 Å². The van der Waals surface area contributed by atoms with Crippen LogP contribution in [-0.2, 0) is 9.53 Å². The summed E-state index contributed by atoms with van der Waals surface area (Å²) in [5, 5.41) is 0. The highest BCUT2D eigenvalue weighted by atomic mass is 32.2. The van der Waals surface area contributed by atoms with Crippen LogP contribution in [0.15, 0.2) is 0 Å². The summed E-state index contributed by atoms with van der Waals surface area (Å²) >= 11 is 1.32. The molecule has 0 unspecified atom stereocenters.